The van der Waals surface area contributed by atoms with E-state index in [0.29, 0.717) is 11.4 Å². The van der Waals surface area contributed by atoms with Gasteiger partial charge >= 0.3 is 5.97 Å². The maximum atomic E-state index is 11.6. The van der Waals surface area contributed by atoms with Crippen LogP contribution in [0.25, 0.3) is 0 Å². The molecule has 0 saturated carbocycles. The van der Waals surface area contributed by atoms with Gasteiger partial charge in [0.25, 0.3) is 10.0 Å². The topological polar surface area (TPSA) is 76.0 Å². The molecule has 0 atom stereocenters. The number of carbonyl (C=O) groups excluding carboxylic acids is 1. The molecule has 0 N–H and O–H groups in total. The van der Waals surface area contributed by atoms with Crippen LogP contribution in [0.5, 0.6) is 0 Å². The van der Waals surface area contributed by atoms with Crippen LogP contribution in [0.3, 0.4) is 0 Å². The lowest BCUT2D eigenvalue weighted by molar-refractivity contribution is -0.137. The lowest BCUT2D eigenvalue weighted by Gasteiger charge is -2.26. The van der Waals surface area contributed by atoms with Crippen molar-refractivity contribution in [3.05, 3.63) is 36.6 Å². The second kappa shape index (κ2) is 4.77. The van der Waals surface area contributed by atoms with E-state index < -0.39 is 16.0 Å². The number of nitrogens with zero attached hydrogens (tertiary/aromatic N) is 2. The number of hydrogen-bond acceptors (Lipinski definition) is 5. The highest BCUT2D eigenvalue weighted by Crippen LogP contribution is 2.16. The summed E-state index contributed by atoms with van der Waals surface area (Å²) in [6.07, 6.45) is 5.99. The zero-order valence-electron chi connectivity index (χ0n) is 9.57. The molecule has 0 aromatic carbocycles. The molecule has 2 aliphatic rings. The molecule has 0 aliphatic carbocycles. The zero-order chi connectivity index (χ0) is 13.2. The Bertz CT molecular complexity index is 572. The van der Waals surface area contributed by atoms with Crippen LogP contribution >= 0.6 is 0 Å². The summed E-state index contributed by atoms with van der Waals surface area (Å²) in [5, 5.41) is 0. The number of hydrogen-bond donors (Lipinski definition) is 0. The summed E-state index contributed by atoms with van der Waals surface area (Å²) in [6.45, 7) is 3.87. The van der Waals surface area contributed by atoms with Gasteiger partial charge in [-0.15, -0.1) is 4.40 Å². The predicted octanol–water partition coefficient (Wildman–Crippen LogP) is 0.213. The number of esters is 1. The van der Waals surface area contributed by atoms with E-state index >= 15 is 0 Å². The van der Waals surface area contributed by atoms with Crippen LogP contribution in [0.1, 0.15) is 0 Å². The largest absolute Gasteiger partial charge is 0.458 e. The lowest BCUT2D eigenvalue weighted by Crippen LogP contribution is -2.37. The van der Waals surface area contributed by atoms with Gasteiger partial charge in [0.05, 0.1) is 11.3 Å². The molecule has 0 amide bonds. The molecule has 0 aromatic heterocycles. The predicted molar refractivity (Wildman–Crippen MR) is 66.3 cm³/mol. The van der Waals surface area contributed by atoms with Crippen LogP contribution in [-0.2, 0) is 19.6 Å². The van der Waals surface area contributed by atoms with Crippen LogP contribution in [0.4, 0.5) is 0 Å². The van der Waals surface area contributed by atoms with Crippen LogP contribution in [0.2, 0.25) is 0 Å². The quantitative estimate of drug-likeness (QED) is 0.540. The number of sulfonamides is 1. The standard InChI is InChI=1S/C11H12N2O4S/c1-2-6-17-11(14)9-3-4-10-12-18(15,16)7-5-13(10)8-9/h2-4,8H,1,5-7H2. The summed E-state index contributed by atoms with van der Waals surface area (Å²) < 4.78 is 31.1. The fourth-order valence-electron chi connectivity index (χ4n) is 1.54. The van der Waals surface area contributed by atoms with Crippen molar-refractivity contribution in [3.63, 3.8) is 0 Å². The van der Waals surface area contributed by atoms with Crippen molar-refractivity contribution in [2.24, 2.45) is 4.40 Å². The summed E-state index contributed by atoms with van der Waals surface area (Å²) in [4.78, 5) is 13.2. The molecule has 0 bridgehead atoms. The molecule has 2 rings (SSSR count). The molecule has 0 aromatic rings. The Morgan fingerprint density at radius 2 is 2.33 bits per heavy atom. The van der Waals surface area contributed by atoms with Gasteiger partial charge in [0.15, 0.2) is 0 Å². The van der Waals surface area contributed by atoms with E-state index in [-0.39, 0.29) is 18.9 Å². The lowest BCUT2D eigenvalue weighted by atomic mass is 10.2. The molecule has 0 saturated heterocycles. The third kappa shape index (κ3) is 2.67. The molecule has 96 valence electrons. The first-order chi connectivity index (χ1) is 8.52. The molecule has 0 radical (unpaired) electrons. The van der Waals surface area contributed by atoms with Gasteiger partial charge in [-0.2, -0.15) is 0 Å². The smallest absolute Gasteiger partial charge is 0.339 e. The molecule has 0 unspecified atom stereocenters. The summed E-state index contributed by atoms with van der Waals surface area (Å²) in [6, 6.07) is 0. The molecular weight excluding hydrogens is 256 g/mol. The Morgan fingerprint density at radius 1 is 1.56 bits per heavy atom. The number of fused-ring (bicyclic) bond motifs is 1. The van der Waals surface area contributed by atoms with Gasteiger partial charge in [0.1, 0.15) is 12.4 Å². The Hall–Kier alpha value is -1.89. The van der Waals surface area contributed by atoms with E-state index in [1.807, 2.05) is 0 Å². The van der Waals surface area contributed by atoms with E-state index in [2.05, 4.69) is 11.0 Å². The van der Waals surface area contributed by atoms with Crippen LogP contribution in [-0.4, -0.2) is 44.0 Å². The van der Waals surface area contributed by atoms with Gasteiger partial charge in [-0.3, -0.25) is 0 Å². The monoisotopic (exact) mass is 268 g/mol. The van der Waals surface area contributed by atoms with Crippen molar-refractivity contribution in [2.75, 3.05) is 18.9 Å². The van der Waals surface area contributed by atoms with Crippen molar-refractivity contribution < 1.29 is 17.9 Å². The fraction of sp³-hybridized carbons (Fsp3) is 0.273. The molecule has 2 heterocycles. The Labute approximate surface area is 105 Å². The van der Waals surface area contributed by atoms with Crippen LogP contribution in [0.15, 0.2) is 41.0 Å². The molecule has 7 heteroatoms. The first-order valence-corrected chi connectivity index (χ1v) is 6.90. The van der Waals surface area contributed by atoms with Crippen molar-refractivity contribution >= 4 is 21.8 Å². The van der Waals surface area contributed by atoms with E-state index in [1.54, 1.807) is 11.1 Å². The summed E-state index contributed by atoms with van der Waals surface area (Å²) in [7, 11) is -3.37. The maximum absolute atomic E-state index is 11.6. The van der Waals surface area contributed by atoms with Gasteiger partial charge in [-0.05, 0) is 12.2 Å². The van der Waals surface area contributed by atoms with Crippen molar-refractivity contribution in [3.8, 4) is 0 Å². The highest BCUT2D eigenvalue weighted by Gasteiger charge is 2.25. The van der Waals surface area contributed by atoms with Gasteiger partial charge in [0.2, 0.25) is 0 Å². The maximum Gasteiger partial charge on any atom is 0.339 e. The average molecular weight is 268 g/mol. The van der Waals surface area contributed by atoms with E-state index in [4.69, 9.17) is 4.74 Å². The van der Waals surface area contributed by atoms with Gasteiger partial charge in [-0.25, -0.2) is 13.2 Å². The van der Waals surface area contributed by atoms with Gasteiger partial charge < -0.3 is 9.64 Å². The Balaban J connectivity index is 2.17. The molecule has 2 aliphatic heterocycles. The number of rotatable bonds is 3. The van der Waals surface area contributed by atoms with Gasteiger partial charge in [0, 0.05) is 12.7 Å². The Kier molecular flexibility index (Phi) is 3.33. The van der Waals surface area contributed by atoms with Gasteiger partial charge in [-0.1, -0.05) is 12.7 Å². The number of amidine groups is 1. The highest BCUT2D eigenvalue weighted by molar-refractivity contribution is 7.90. The first-order valence-electron chi connectivity index (χ1n) is 5.29. The van der Waals surface area contributed by atoms with Crippen LogP contribution < -0.4 is 0 Å². The average Bonchev–Trinajstić information content (AvgIpc) is 2.34. The number of ether oxygens (including phenoxy) is 1. The first kappa shape index (κ1) is 12.6. The molecule has 6 nitrogen and oxygen atoms in total. The minimum Gasteiger partial charge on any atom is -0.458 e. The van der Waals surface area contributed by atoms with E-state index in [1.165, 1.54) is 18.2 Å². The fourth-order valence-corrected chi connectivity index (χ4v) is 2.51. The summed E-state index contributed by atoms with van der Waals surface area (Å²) in [5.74, 6) is -0.212. The molecule has 0 spiro atoms. The third-order valence-corrected chi connectivity index (χ3v) is 3.56. The second-order valence-corrected chi connectivity index (χ2v) is 5.49. The molecular formula is C11H12N2O4S. The normalized spacial score (nSPS) is 20.6. The number of carbonyl (C=O) groups is 1. The molecule has 0 fully saturated rings. The van der Waals surface area contributed by atoms with Crippen LogP contribution in [0, 0.1) is 0 Å². The SMILES string of the molecule is C=CCOC(=O)C1=CN2CCS(=O)(=O)N=C2C=C1. The summed E-state index contributed by atoms with van der Waals surface area (Å²) in [5.41, 5.74) is 0.357. The summed E-state index contributed by atoms with van der Waals surface area (Å²) >= 11 is 0. The van der Waals surface area contributed by atoms with E-state index in [0.717, 1.165) is 0 Å². The minimum atomic E-state index is -3.37. The Morgan fingerprint density at radius 3 is 3.06 bits per heavy atom. The minimum absolute atomic E-state index is 0.0597. The van der Waals surface area contributed by atoms with Crippen molar-refractivity contribution in [1.82, 2.24) is 4.90 Å². The van der Waals surface area contributed by atoms with Crippen molar-refractivity contribution in [1.29, 1.82) is 0 Å². The van der Waals surface area contributed by atoms with Crippen molar-refractivity contribution in [2.45, 2.75) is 0 Å². The van der Waals surface area contributed by atoms with E-state index in [9.17, 15) is 13.2 Å². The highest BCUT2D eigenvalue weighted by atomic mass is 32.2. The zero-order valence-corrected chi connectivity index (χ0v) is 10.4. The third-order valence-electron chi connectivity index (χ3n) is 2.39. The second-order valence-electron chi connectivity index (χ2n) is 3.73. The molecule has 18 heavy (non-hydrogen) atoms.